The van der Waals surface area contributed by atoms with E-state index in [1.165, 1.54) is 0 Å². The van der Waals surface area contributed by atoms with Crippen molar-refractivity contribution in [2.75, 3.05) is 7.11 Å². The Bertz CT molecular complexity index is 641. The monoisotopic (exact) mass is 423 g/mol. The number of nitrogens with zero attached hydrogens (tertiary/aromatic N) is 1. The van der Waals surface area contributed by atoms with Crippen molar-refractivity contribution in [3.63, 3.8) is 0 Å². The second-order valence-electron chi connectivity index (χ2n) is 5.03. The number of aliphatic imine (C=N–C) groups is 1. The van der Waals surface area contributed by atoms with Gasteiger partial charge in [0.1, 0.15) is 5.56 Å². The Kier molecular flexibility index (Phi) is 10.4. The van der Waals surface area contributed by atoms with Gasteiger partial charge in [0.2, 0.25) is 12.2 Å². The number of benzene rings is 1. The predicted octanol–water partition coefficient (Wildman–Crippen LogP) is 3.04. The van der Waals surface area contributed by atoms with Crippen molar-refractivity contribution in [3.8, 4) is 0 Å². The summed E-state index contributed by atoms with van der Waals surface area (Å²) in [6.45, 7) is 4.00. The standard InChI is InChI=1S/C13H10F7NO3.C2H6.CH4O/c14-5-3-6(15)11(17)9(10(5)16)12-21-4(2-8(23)24-12)1-7(22)13(18,19)20;2*1-2/h3-4,7-8,22-23H,1-2H2;1-2H3;2H,1H3. The highest BCUT2D eigenvalue weighted by molar-refractivity contribution is 5.95. The molecule has 0 radical (unpaired) electrons. The summed E-state index contributed by atoms with van der Waals surface area (Å²) in [5.41, 5.74) is -1.39. The zero-order chi connectivity index (χ0) is 22.2. The number of aliphatic hydroxyl groups is 3. The maximum Gasteiger partial charge on any atom is 0.414 e. The molecule has 162 valence electrons. The zero-order valence-corrected chi connectivity index (χ0v) is 15.1. The molecule has 0 saturated carbocycles. The fourth-order valence-corrected chi connectivity index (χ4v) is 2.08. The Morgan fingerprint density at radius 3 is 2.00 bits per heavy atom. The van der Waals surface area contributed by atoms with Gasteiger partial charge in [-0.05, 0) is 0 Å². The Morgan fingerprint density at radius 1 is 1.11 bits per heavy atom. The SMILES string of the molecule is CC.CO.OC1CC(CC(O)C(F)(F)F)N=C(c2c(F)c(F)cc(F)c2F)O1. The van der Waals surface area contributed by atoms with Crippen molar-refractivity contribution < 1.29 is 50.8 Å². The third kappa shape index (κ3) is 6.60. The molecule has 0 saturated heterocycles. The quantitative estimate of drug-likeness (QED) is 0.516. The second-order valence-corrected chi connectivity index (χ2v) is 5.03. The molecule has 0 aliphatic carbocycles. The van der Waals surface area contributed by atoms with E-state index in [2.05, 4.69) is 9.73 Å². The van der Waals surface area contributed by atoms with E-state index < -0.39 is 72.2 Å². The summed E-state index contributed by atoms with van der Waals surface area (Å²) in [7, 11) is 1.00. The average Bonchev–Trinajstić information content (AvgIpc) is 2.62. The van der Waals surface area contributed by atoms with Crippen LogP contribution < -0.4 is 0 Å². The van der Waals surface area contributed by atoms with Crippen molar-refractivity contribution in [2.45, 2.75) is 51.3 Å². The molecule has 1 aliphatic heterocycles. The normalized spacial score (nSPS) is 20.0. The van der Waals surface area contributed by atoms with Crippen LogP contribution in [0.3, 0.4) is 0 Å². The molecule has 1 aromatic rings. The van der Waals surface area contributed by atoms with E-state index >= 15 is 0 Å². The highest BCUT2D eigenvalue weighted by Gasteiger charge is 2.41. The minimum absolute atomic E-state index is 0.0706. The van der Waals surface area contributed by atoms with E-state index in [-0.39, 0.29) is 6.07 Å². The van der Waals surface area contributed by atoms with Gasteiger partial charge < -0.3 is 20.1 Å². The third-order valence-corrected chi connectivity index (χ3v) is 3.22. The minimum atomic E-state index is -4.97. The van der Waals surface area contributed by atoms with E-state index in [1.807, 2.05) is 13.8 Å². The summed E-state index contributed by atoms with van der Waals surface area (Å²) in [6, 6.07) is -1.51. The molecular formula is C16H20F7NO4. The van der Waals surface area contributed by atoms with Gasteiger partial charge in [-0.15, -0.1) is 0 Å². The Balaban J connectivity index is 0.00000171. The van der Waals surface area contributed by atoms with Gasteiger partial charge in [-0.1, -0.05) is 13.8 Å². The lowest BCUT2D eigenvalue weighted by Gasteiger charge is -2.27. The summed E-state index contributed by atoms with van der Waals surface area (Å²) in [5, 5.41) is 25.4. The summed E-state index contributed by atoms with van der Waals surface area (Å²) in [4.78, 5) is 3.42. The Morgan fingerprint density at radius 2 is 1.57 bits per heavy atom. The van der Waals surface area contributed by atoms with Gasteiger partial charge in [0.25, 0.3) is 0 Å². The molecular weight excluding hydrogens is 403 g/mol. The van der Waals surface area contributed by atoms with Gasteiger partial charge in [0.15, 0.2) is 29.4 Å². The lowest BCUT2D eigenvalue weighted by molar-refractivity contribution is -0.207. The van der Waals surface area contributed by atoms with Crippen molar-refractivity contribution in [2.24, 2.45) is 4.99 Å². The van der Waals surface area contributed by atoms with Gasteiger partial charge >= 0.3 is 6.18 Å². The Hall–Kier alpha value is -1.92. The summed E-state index contributed by atoms with van der Waals surface area (Å²) < 4.78 is 95.3. The van der Waals surface area contributed by atoms with Crippen LogP contribution in [-0.4, -0.2) is 52.9 Å². The average molecular weight is 423 g/mol. The first-order valence-electron chi connectivity index (χ1n) is 7.96. The van der Waals surface area contributed by atoms with Gasteiger partial charge in [-0.3, -0.25) is 0 Å². The maximum absolute atomic E-state index is 13.7. The van der Waals surface area contributed by atoms with Crippen LogP contribution in [0, 0.1) is 23.3 Å². The lowest BCUT2D eigenvalue weighted by Crippen LogP contribution is -2.37. The number of hydrogen-bond acceptors (Lipinski definition) is 5. The number of ether oxygens (including phenoxy) is 1. The molecule has 5 nitrogen and oxygen atoms in total. The van der Waals surface area contributed by atoms with Crippen molar-refractivity contribution in [3.05, 3.63) is 34.9 Å². The summed E-state index contributed by atoms with van der Waals surface area (Å²) in [5.74, 6) is -8.40. The van der Waals surface area contributed by atoms with Crippen LogP contribution in [0.4, 0.5) is 30.7 Å². The van der Waals surface area contributed by atoms with E-state index in [0.29, 0.717) is 0 Å². The zero-order valence-electron chi connectivity index (χ0n) is 15.1. The van der Waals surface area contributed by atoms with Crippen LogP contribution in [0.15, 0.2) is 11.1 Å². The molecule has 0 bridgehead atoms. The topological polar surface area (TPSA) is 82.3 Å². The Labute approximate surface area is 156 Å². The fourth-order valence-electron chi connectivity index (χ4n) is 2.08. The summed E-state index contributed by atoms with van der Waals surface area (Å²) >= 11 is 0. The summed E-state index contributed by atoms with van der Waals surface area (Å²) in [6.07, 6.45) is -11.2. The molecule has 1 aromatic carbocycles. The van der Waals surface area contributed by atoms with Crippen LogP contribution in [0.5, 0.6) is 0 Å². The molecule has 0 amide bonds. The molecule has 1 heterocycles. The molecule has 0 spiro atoms. The number of rotatable bonds is 3. The number of halogens is 7. The van der Waals surface area contributed by atoms with Gasteiger partial charge in [0, 0.05) is 26.0 Å². The second kappa shape index (κ2) is 11.2. The van der Waals surface area contributed by atoms with Crippen LogP contribution in [0.1, 0.15) is 32.3 Å². The minimum Gasteiger partial charge on any atom is -0.448 e. The smallest absolute Gasteiger partial charge is 0.414 e. The lowest BCUT2D eigenvalue weighted by atomic mass is 10.0. The highest BCUT2D eigenvalue weighted by atomic mass is 19.4. The van der Waals surface area contributed by atoms with Crippen LogP contribution >= 0.6 is 0 Å². The van der Waals surface area contributed by atoms with Crippen molar-refractivity contribution in [1.82, 2.24) is 0 Å². The first-order valence-corrected chi connectivity index (χ1v) is 7.96. The first-order chi connectivity index (χ1) is 13.0. The predicted molar refractivity (Wildman–Crippen MR) is 84.5 cm³/mol. The van der Waals surface area contributed by atoms with E-state index in [0.717, 1.165) is 7.11 Å². The van der Waals surface area contributed by atoms with E-state index in [9.17, 15) is 35.8 Å². The molecule has 12 heteroatoms. The molecule has 3 N–H and O–H groups in total. The van der Waals surface area contributed by atoms with E-state index in [4.69, 9.17) is 10.2 Å². The molecule has 3 unspecified atom stereocenters. The molecule has 0 fully saturated rings. The fraction of sp³-hybridized carbons (Fsp3) is 0.562. The molecule has 2 rings (SSSR count). The maximum atomic E-state index is 13.7. The van der Waals surface area contributed by atoms with Crippen molar-refractivity contribution >= 4 is 5.90 Å². The molecule has 1 aliphatic rings. The number of aliphatic hydroxyl groups excluding tert-OH is 3. The van der Waals surface area contributed by atoms with Crippen LogP contribution in [0.2, 0.25) is 0 Å². The largest absolute Gasteiger partial charge is 0.448 e. The van der Waals surface area contributed by atoms with Crippen LogP contribution in [0.25, 0.3) is 0 Å². The third-order valence-electron chi connectivity index (χ3n) is 3.22. The first kappa shape index (κ1) is 26.1. The molecule has 0 aromatic heterocycles. The van der Waals surface area contributed by atoms with Gasteiger partial charge in [-0.25, -0.2) is 22.6 Å². The van der Waals surface area contributed by atoms with Gasteiger partial charge in [0.05, 0.1) is 6.04 Å². The van der Waals surface area contributed by atoms with Crippen molar-refractivity contribution in [1.29, 1.82) is 0 Å². The van der Waals surface area contributed by atoms with Crippen LogP contribution in [-0.2, 0) is 4.74 Å². The van der Waals surface area contributed by atoms with Gasteiger partial charge in [-0.2, -0.15) is 13.2 Å². The highest BCUT2D eigenvalue weighted by Crippen LogP contribution is 2.29. The molecule has 3 atom stereocenters. The molecule has 28 heavy (non-hydrogen) atoms. The number of alkyl halides is 3. The number of hydrogen-bond donors (Lipinski definition) is 3. The van der Waals surface area contributed by atoms with E-state index in [1.54, 1.807) is 0 Å².